The molecule has 0 amide bonds. The Bertz CT molecular complexity index is 483. The number of likely N-dealkylation sites (tertiary alicyclic amines) is 1. The zero-order valence-corrected chi connectivity index (χ0v) is 14.2. The van der Waals surface area contributed by atoms with E-state index in [1.165, 1.54) is 25.7 Å². The van der Waals surface area contributed by atoms with E-state index in [0.717, 1.165) is 37.4 Å². The molecular formula is C18H29N3O2. The molecule has 5 nitrogen and oxygen atoms in total. The normalized spacial score (nSPS) is 16.2. The lowest BCUT2D eigenvalue weighted by molar-refractivity contribution is 0.172. The second-order valence-electron chi connectivity index (χ2n) is 5.92. The van der Waals surface area contributed by atoms with Gasteiger partial charge >= 0.3 is 0 Å². The molecule has 1 aliphatic heterocycles. The molecule has 1 aromatic rings. The minimum atomic E-state index is 0.595. The first-order chi connectivity index (χ1) is 11.3. The lowest BCUT2D eigenvalue weighted by atomic mass is 10.2. The van der Waals surface area contributed by atoms with E-state index in [-0.39, 0.29) is 0 Å². The highest BCUT2D eigenvalue weighted by atomic mass is 16.5. The maximum absolute atomic E-state index is 6.15. The number of hydrogen-bond acceptors (Lipinski definition) is 3. The van der Waals surface area contributed by atoms with Crippen LogP contribution >= 0.6 is 0 Å². The van der Waals surface area contributed by atoms with E-state index in [1.54, 1.807) is 7.11 Å². The Balaban J connectivity index is 1.85. The lowest BCUT2D eigenvalue weighted by Gasteiger charge is -2.21. The van der Waals surface area contributed by atoms with Crippen LogP contribution in [0.1, 0.15) is 37.7 Å². The van der Waals surface area contributed by atoms with Gasteiger partial charge in [-0.1, -0.05) is 25.0 Å². The summed E-state index contributed by atoms with van der Waals surface area (Å²) in [4.78, 5) is 6.76. The molecule has 0 saturated carbocycles. The van der Waals surface area contributed by atoms with E-state index >= 15 is 0 Å². The summed E-state index contributed by atoms with van der Waals surface area (Å²) in [5, 5.41) is 0. The number of aliphatic imine (C=N–C) groups is 1. The Hall–Kier alpha value is -1.75. The third-order valence-electron chi connectivity index (χ3n) is 4.01. The summed E-state index contributed by atoms with van der Waals surface area (Å²) in [7, 11) is 1.70. The van der Waals surface area contributed by atoms with Gasteiger partial charge in [0.15, 0.2) is 5.96 Å². The predicted molar refractivity (Wildman–Crippen MR) is 93.8 cm³/mol. The van der Waals surface area contributed by atoms with E-state index < -0.39 is 0 Å². The average molecular weight is 319 g/mol. The van der Waals surface area contributed by atoms with Crippen LogP contribution < -0.4 is 10.5 Å². The topological polar surface area (TPSA) is 60.1 Å². The summed E-state index contributed by atoms with van der Waals surface area (Å²) in [6.07, 6.45) is 5.90. The van der Waals surface area contributed by atoms with Crippen LogP contribution in [-0.4, -0.2) is 44.3 Å². The van der Waals surface area contributed by atoms with E-state index in [0.29, 0.717) is 19.1 Å². The van der Waals surface area contributed by atoms with Crippen molar-refractivity contribution in [2.24, 2.45) is 10.7 Å². The quantitative estimate of drug-likeness (QED) is 0.477. The summed E-state index contributed by atoms with van der Waals surface area (Å²) in [6.45, 7) is 4.03. The second-order valence-corrected chi connectivity index (χ2v) is 5.92. The maximum Gasteiger partial charge on any atom is 0.191 e. The molecule has 2 N–H and O–H groups in total. The highest BCUT2D eigenvalue weighted by Gasteiger charge is 2.10. The fraction of sp³-hybridized carbons (Fsp3) is 0.611. The maximum atomic E-state index is 6.15. The number of rotatable bonds is 7. The van der Waals surface area contributed by atoms with Gasteiger partial charge in [0.05, 0.1) is 13.2 Å². The number of benzene rings is 1. The summed E-state index contributed by atoms with van der Waals surface area (Å²) >= 11 is 0. The molecule has 1 aromatic carbocycles. The van der Waals surface area contributed by atoms with Gasteiger partial charge in [-0.05, 0) is 30.5 Å². The van der Waals surface area contributed by atoms with Crippen molar-refractivity contribution in [2.45, 2.75) is 38.6 Å². The molecule has 0 radical (unpaired) electrons. The summed E-state index contributed by atoms with van der Waals surface area (Å²) in [5.41, 5.74) is 7.27. The van der Waals surface area contributed by atoms with Crippen molar-refractivity contribution in [2.75, 3.05) is 33.4 Å². The largest absolute Gasteiger partial charge is 0.493 e. The van der Waals surface area contributed by atoms with Crippen molar-refractivity contribution < 1.29 is 9.47 Å². The minimum absolute atomic E-state index is 0.595. The van der Waals surface area contributed by atoms with Gasteiger partial charge in [-0.25, -0.2) is 4.99 Å². The number of nitrogens with zero attached hydrogens (tertiary/aromatic N) is 2. The van der Waals surface area contributed by atoms with Crippen LogP contribution in [0, 0.1) is 0 Å². The number of ether oxygens (including phenoxy) is 2. The van der Waals surface area contributed by atoms with Crippen molar-refractivity contribution in [3.05, 3.63) is 29.8 Å². The number of hydrogen-bond donors (Lipinski definition) is 1. The average Bonchev–Trinajstić information content (AvgIpc) is 2.86. The Labute approximate surface area is 139 Å². The Kier molecular flexibility index (Phi) is 7.73. The smallest absolute Gasteiger partial charge is 0.191 e. The molecule has 1 saturated heterocycles. The molecule has 1 heterocycles. The monoisotopic (exact) mass is 319 g/mol. The van der Waals surface area contributed by atoms with Crippen LogP contribution in [0.2, 0.25) is 0 Å². The van der Waals surface area contributed by atoms with Gasteiger partial charge in [0.1, 0.15) is 5.75 Å². The van der Waals surface area contributed by atoms with E-state index in [2.05, 4.69) is 16.0 Å². The van der Waals surface area contributed by atoms with Crippen LogP contribution in [0.5, 0.6) is 5.75 Å². The number of methoxy groups -OCH3 is 1. The van der Waals surface area contributed by atoms with Gasteiger partial charge in [-0.15, -0.1) is 0 Å². The highest BCUT2D eigenvalue weighted by Crippen LogP contribution is 2.15. The number of nitrogens with two attached hydrogens (primary N) is 1. The molecule has 128 valence electrons. The van der Waals surface area contributed by atoms with Crippen molar-refractivity contribution >= 4 is 5.96 Å². The molecule has 0 unspecified atom stereocenters. The highest BCUT2D eigenvalue weighted by molar-refractivity contribution is 5.78. The predicted octanol–water partition coefficient (Wildman–Crippen LogP) is 2.79. The fourth-order valence-corrected chi connectivity index (χ4v) is 2.70. The summed E-state index contributed by atoms with van der Waals surface area (Å²) < 4.78 is 10.7. The molecule has 5 heteroatoms. The summed E-state index contributed by atoms with van der Waals surface area (Å²) in [5.74, 6) is 1.54. The Morgan fingerprint density at radius 2 is 1.96 bits per heavy atom. The molecule has 1 fully saturated rings. The molecule has 0 aliphatic carbocycles. The van der Waals surface area contributed by atoms with Crippen LogP contribution in [0.25, 0.3) is 0 Å². The Morgan fingerprint density at radius 1 is 1.17 bits per heavy atom. The van der Waals surface area contributed by atoms with Gasteiger partial charge in [-0.3, -0.25) is 0 Å². The molecular weight excluding hydrogens is 290 g/mol. The molecule has 0 aromatic heterocycles. The molecule has 0 bridgehead atoms. The van der Waals surface area contributed by atoms with Gasteiger partial charge in [0.25, 0.3) is 0 Å². The SMILES string of the molecule is COCCCOc1cccc(CN=C(N)N2CCCCCC2)c1. The third-order valence-corrected chi connectivity index (χ3v) is 4.01. The fourth-order valence-electron chi connectivity index (χ4n) is 2.70. The lowest BCUT2D eigenvalue weighted by Crippen LogP contribution is -2.38. The van der Waals surface area contributed by atoms with Crippen LogP contribution in [-0.2, 0) is 11.3 Å². The molecule has 0 atom stereocenters. The van der Waals surface area contributed by atoms with Gasteiger partial charge < -0.3 is 20.1 Å². The van der Waals surface area contributed by atoms with Crippen LogP contribution in [0.4, 0.5) is 0 Å². The minimum Gasteiger partial charge on any atom is -0.493 e. The van der Waals surface area contributed by atoms with Crippen LogP contribution in [0.15, 0.2) is 29.3 Å². The molecule has 2 rings (SSSR count). The zero-order chi connectivity index (χ0) is 16.3. The van der Waals surface area contributed by atoms with Crippen molar-refractivity contribution in [1.29, 1.82) is 0 Å². The zero-order valence-electron chi connectivity index (χ0n) is 14.2. The van der Waals surface area contributed by atoms with Gasteiger partial charge in [0, 0.05) is 33.2 Å². The first-order valence-corrected chi connectivity index (χ1v) is 8.55. The van der Waals surface area contributed by atoms with Crippen LogP contribution in [0.3, 0.4) is 0 Å². The standard InChI is InChI=1S/C18H29N3O2/c1-22-12-7-13-23-17-9-6-8-16(14-17)15-20-18(19)21-10-4-2-3-5-11-21/h6,8-9,14H,2-5,7,10-13,15H2,1H3,(H2,19,20). The summed E-state index contributed by atoms with van der Waals surface area (Å²) in [6, 6.07) is 8.06. The van der Waals surface area contributed by atoms with E-state index in [4.69, 9.17) is 15.2 Å². The van der Waals surface area contributed by atoms with E-state index in [1.807, 2.05) is 18.2 Å². The molecule has 23 heavy (non-hydrogen) atoms. The van der Waals surface area contributed by atoms with Crippen molar-refractivity contribution in [1.82, 2.24) is 4.90 Å². The molecule has 1 aliphatic rings. The number of guanidine groups is 1. The van der Waals surface area contributed by atoms with Crippen molar-refractivity contribution in [3.63, 3.8) is 0 Å². The van der Waals surface area contributed by atoms with Crippen molar-refractivity contribution in [3.8, 4) is 5.75 Å². The van der Waals surface area contributed by atoms with Gasteiger partial charge in [0.2, 0.25) is 0 Å². The van der Waals surface area contributed by atoms with Gasteiger partial charge in [-0.2, -0.15) is 0 Å². The molecule has 0 spiro atoms. The first kappa shape index (κ1) is 17.6. The second kappa shape index (κ2) is 10.1. The third kappa shape index (κ3) is 6.48. The Morgan fingerprint density at radius 3 is 2.70 bits per heavy atom. The first-order valence-electron chi connectivity index (χ1n) is 8.55. The van der Waals surface area contributed by atoms with E-state index in [9.17, 15) is 0 Å².